The van der Waals surface area contributed by atoms with Crippen LogP contribution in [-0.2, 0) is 23.9 Å². The van der Waals surface area contributed by atoms with E-state index in [0.717, 1.165) is 30.3 Å². The minimum atomic E-state index is -4.70. The molecule has 0 bridgehead atoms. The number of carboxylic acid groups (broad SMARTS) is 1. The Hall–Kier alpha value is -3.65. The highest BCUT2D eigenvalue weighted by atomic mass is 32.1. The lowest BCUT2D eigenvalue weighted by molar-refractivity contribution is -0.142. The van der Waals surface area contributed by atoms with Gasteiger partial charge in [0.2, 0.25) is 0 Å². The number of aliphatic carboxylic acids is 1. The van der Waals surface area contributed by atoms with Gasteiger partial charge in [-0.25, -0.2) is 15.0 Å². The molecule has 0 amide bonds. The number of benzene rings is 1. The van der Waals surface area contributed by atoms with E-state index in [4.69, 9.17) is 4.74 Å². The van der Waals surface area contributed by atoms with Crippen molar-refractivity contribution in [2.24, 2.45) is 5.92 Å². The molecular weight excluding hydrogens is 626 g/mol. The zero-order valence-electron chi connectivity index (χ0n) is 24.9. The molecule has 5 rings (SSSR count). The summed E-state index contributed by atoms with van der Waals surface area (Å²) in [6, 6.07) is 4.07. The van der Waals surface area contributed by atoms with Gasteiger partial charge in [-0.2, -0.15) is 13.2 Å². The summed E-state index contributed by atoms with van der Waals surface area (Å²) >= 11 is 1.30. The molecule has 0 saturated carbocycles. The molecule has 0 aliphatic carbocycles. The van der Waals surface area contributed by atoms with E-state index in [1.165, 1.54) is 35.9 Å². The Morgan fingerprint density at radius 1 is 1.11 bits per heavy atom. The Balaban J connectivity index is 0.00000480. The lowest BCUT2D eigenvalue weighted by Gasteiger charge is -2.30. The molecular formula is C32H39F4N5O4S. The summed E-state index contributed by atoms with van der Waals surface area (Å²) in [7, 11) is 0. The molecule has 9 nitrogen and oxygen atoms in total. The lowest BCUT2D eigenvalue weighted by Crippen LogP contribution is -2.36. The van der Waals surface area contributed by atoms with Crippen molar-refractivity contribution in [3.8, 4) is 17.0 Å². The number of carbonyl (C=O) groups is 2. The first-order valence-electron chi connectivity index (χ1n) is 15.0. The van der Waals surface area contributed by atoms with Crippen molar-refractivity contribution in [3.63, 3.8) is 0 Å². The van der Waals surface area contributed by atoms with E-state index in [1.807, 2.05) is 4.90 Å². The number of ether oxygens (including phenoxy) is 1. The highest BCUT2D eigenvalue weighted by Crippen LogP contribution is 2.40. The van der Waals surface area contributed by atoms with Crippen molar-refractivity contribution < 1.29 is 37.0 Å². The van der Waals surface area contributed by atoms with E-state index < -0.39 is 24.4 Å². The van der Waals surface area contributed by atoms with E-state index in [1.54, 1.807) is 0 Å². The molecule has 0 spiro atoms. The number of alkyl halides is 4. The smallest absolute Gasteiger partial charge is 0.419 e. The van der Waals surface area contributed by atoms with Gasteiger partial charge >= 0.3 is 12.1 Å². The van der Waals surface area contributed by atoms with Gasteiger partial charge in [0, 0.05) is 42.5 Å². The molecule has 4 heterocycles. The number of likely N-dealkylation sites (tertiary alicyclic amines) is 1. The summed E-state index contributed by atoms with van der Waals surface area (Å²) in [4.78, 5) is 42.7. The van der Waals surface area contributed by atoms with Gasteiger partial charge < -0.3 is 14.7 Å². The molecule has 3 aromatic rings. The monoisotopic (exact) mass is 665 g/mol. The van der Waals surface area contributed by atoms with Crippen molar-refractivity contribution in [1.82, 2.24) is 19.9 Å². The van der Waals surface area contributed by atoms with Crippen LogP contribution in [0.1, 0.15) is 72.4 Å². The minimum absolute atomic E-state index is 0. The van der Waals surface area contributed by atoms with Crippen molar-refractivity contribution in [3.05, 3.63) is 51.7 Å². The van der Waals surface area contributed by atoms with Crippen molar-refractivity contribution in [2.45, 2.75) is 71.6 Å². The van der Waals surface area contributed by atoms with Crippen molar-refractivity contribution in [1.29, 1.82) is 0 Å². The molecule has 0 unspecified atom stereocenters. The van der Waals surface area contributed by atoms with E-state index in [-0.39, 0.29) is 55.6 Å². The number of hydrogen-bond acceptors (Lipinski definition) is 9. The second-order valence-corrected chi connectivity index (χ2v) is 12.6. The van der Waals surface area contributed by atoms with Gasteiger partial charge in [-0.15, -0.1) is 11.3 Å². The van der Waals surface area contributed by atoms with Gasteiger partial charge in [-0.1, -0.05) is 7.43 Å². The molecule has 2 aliphatic rings. The maximum atomic E-state index is 14.0. The number of hydrogen-bond donors (Lipinski definition) is 1. The first kappa shape index (κ1) is 35.2. The number of ketones is 1. The number of piperidine rings is 1. The highest BCUT2D eigenvalue weighted by molar-refractivity contribution is 7.12. The second kappa shape index (κ2) is 15.3. The fourth-order valence-electron chi connectivity index (χ4n) is 5.69. The fraction of sp³-hybridized carbons (Fsp3) is 0.531. The Kier molecular flexibility index (Phi) is 11.7. The van der Waals surface area contributed by atoms with Crippen LogP contribution in [-0.4, -0.2) is 75.7 Å². The van der Waals surface area contributed by atoms with Crippen LogP contribution in [0, 0.1) is 5.92 Å². The standard InChI is InChI=1S/C31H35F4N5O4S.CH4/c1-19-4-2-10-40(19)18-26-29(21-5-6-25(44-13-3-9-32)22(14-21)31(33,34)35)38-28(45-26)15-24(41)23-16-37-27(17-36-23)39-11-7-20(8-12-39)30(42)43;/h5-6,14,16-17,19-20H,2-4,7-13,15,18H2,1H3,(H,42,43);1H4/t19-;/m1./s1. The van der Waals surface area contributed by atoms with Gasteiger partial charge in [0.1, 0.15) is 22.3 Å². The highest BCUT2D eigenvalue weighted by Gasteiger charge is 2.35. The average Bonchev–Trinajstić information content (AvgIpc) is 3.62. The molecule has 1 atom stereocenters. The SMILES string of the molecule is C.C[C@@H]1CCCN1Cc1sc(CC(=O)c2cnc(N3CCC(C(=O)O)CC3)cn2)nc1-c1ccc(OCCCF)c(C(F)(F)F)c1. The number of carboxylic acids is 1. The van der Waals surface area contributed by atoms with E-state index in [9.17, 15) is 32.3 Å². The van der Waals surface area contributed by atoms with Gasteiger partial charge in [0.15, 0.2) is 5.78 Å². The number of rotatable bonds is 12. The number of thiazole rings is 1. The third-order valence-corrected chi connectivity index (χ3v) is 9.32. The molecule has 46 heavy (non-hydrogen) atoms. The number of aromatic nitrogens is 3. The van der Waals surface area contributed by atoms with Crippen LogP contribution in [0.3, 0.4) is 0 Å². The third kappa shape index (κ3) is 8.38. The maximum absolute atomic E-state index is 14.0. The Morgan fingerprint density at radius 2 is 1.87 bits per heavy atom. The molecule has 1 N–H and O–H groups in total. The number of halogens is 4. The Labute approximate surface area is 269 Å². The molecule has 2 aromatic heterocycles. The third-order valence-electron chi connectivity index (χ3n) is 8.28. The maximum Gasteiger partial charge on any atom is 0.419 e. The molecule has 2 saturated heterocycles. The van der Waals surface area contributed by atoms with Crippen LogP contribution >= 0.6 is 11.3 Å². The second-order valence-electron chi connectivity index (χ2n) is 11.4. The normalized spacial score (nSPS) is 17.6. The van der Waals surface area contributed by atoms with Gasteiger partial charge in [-0.3, -0.25) is 18.9 Å². The Morgan fingerprint density at radius 3 is 2.48 bits per heavy atom. The number of Topliss-reactive ketones (excluding diaryl/α,β-unsaturated/α-hetero) is 1. The quantitative estimate of drug-likeness (QED) is 0.128. The number of carbonyl (C=O) groups excluding carboxylic acids is 1. The van der Waals surface area contributed by atoms with Crippen molar-refractivity contribution >= 4 is 28.9 Å². The molecule has 14 heteroatoms. The molecule has 1 aromatic carbocycles. The summed E-state index contributed by atoms with van der Waals surface area (Å²) in [6.07, 6.45) is 1.13. The predicted molar refractivity (Wildman–Crippen MR) is 167 cm³/mol. The van der Waals surface area contributed by atoms with Gasteiger partial charge in [0.25, 0.3) is 0 Å². The molecule has 2 fully saturated rings. The Bertz CT molecular complexity index is 1490. The summed E-state index contributed by atoms with van der Waals surface area (Å²) in [5, 5.41) is 9.67. The van der Waals surface area contributed by atoms with Crippen LogP contribution in [0.5, 0.6) is 5.75 Å². The first-order chi connectivity index (χ1) is 21.5. The summed E-state index contributed by atoms with van der Waals surface area (Å²) < 4.78 is 59.9. The van der Waals surface area contributed by atoms with Crippen LogP contribution in [0.15, 0.2) is 30.6 Å². The van der Waals surface area contributed by atoms with Crippen LogP contribution < -0.4 is 9.64 Å². The number of anilines is 1. The molecule has 250 valence electrons. The van der Waals surface area contributed by atoms with Crippen molar-refractivity contribution in [2.75, 3.05) is 37.8 Å². The zero-order valence-corrected chi connectivity index (χ0v) is 25.7. The molecule has 0 radical (unpaired) electrons. The predicted octanol–water partition coefficient (Wildman–Crippen LogP) is 6.70. The summed E-state index contributed by atoms with van der Waals surface area (Å²) in [5.41, 5.74) is -0.186. The van der Waals surface area contributed by atoms with E-state index in [0.29, 0.717) is 55.0 Å². The summed E-state index contributed by atoms with van der Waals surface area (Å²) in [5.74, 6) is -1.31. The topological polar surface area (TPSA) is 109 Å². The van der Waals surface area contributed by atoms with Crippen LogP contribution in [0.25, 0.3) is 11.3 Å². The number of nitrogens with zero attached hydrogens (tertiary/aromatic N) is 5. The molecule has 2 aliphatic heterocycles. The van der Waals surface area contributed by atoms with Gasteiger partial charge in [-0.05, 0) is 57.4 Å². The van der Waals surface area contributed by atoms with Crippen LogP contribution in [0.4, 0.5) is 23.4 Å². The lowest BCUT2D eigenvalue weighted by atomic mass is 9.97. The van der Waals surface area contributed by atoms with E-state index in [2.05, 4.69) is 26.8 Å². The van der Waals surface area contributed by atoms with Crippen LogP contribution in [0.2, 0.25) is 0 Å². The minimum Gasteiger partial charge on any atom is -0.493 e. The summed E-state index contributed by atoms with van der Waals surface area (Å²) in [6.45, 7) is 3.65. The largest absolute Gasteiger partial charge is 0.493 e. The zero-order chi connectivity index (χ0) is 32.1. The fourth-order valence-corrected chi connectivity index (χ4v) is 6.81. The average molecular weight is 666 g/mol. The van der Waals surface area contributed by atoms with Gasteiger partial charge in [0.05, 0.1) is 49.3 Å². The first-order valence-corrected chi connectivity index (χ1v) is 15.8. The van der Waals surface area contributed by atoms with E-state index >= 15 is 0 Å².